The minimum absolute atomic E-state index is 0.559. The van der Waals surface area contributed by atoms with Crippen molar-refractivity contribution in [2.75, 3.05) is 0 Å². The highest BCUT2D eigenvalue weighted by Crippen LogP contribution is 2.38. The van der Waals surface area contributed by atoms with E-state index in [-0.39, 0.29) is 0 Å². The van der Waals surface area contributed by atoms with Gasteiger partial charge in [-0.15, -0.1) is 11.3 Å². The second-order valence-corrected chi connectivity index (χ2v) is 5.48. The monoisotopic (exact) mass is 210 g/mol. The van der Waals surface area contributed by atoms with E-state index in [1.807, 2.05) is 17.5 Å². The molecule has 1 saturated carbocycles. The number of nitrogens with zero attached hydrogens (tertiary/aromatic N) is 1. The number of rotatable bonds is 4. The summed E-state index contributed by atoms with van der Waals surface area (Å²) >= 11 is 1.89. The van der Waals surface area contributed by atoms with E-state index in [0.29, 0.717) is 6.04 Å². The second kappa shape index (κ2) is 4.41. The predicted octanol–water partition coefficient (Wildman–Crippen LogP) is 2.91. The van der Waals surface area contributed by atoms with Crippen LogP contribution in [0.25, 0.3) is 0 Å². The molecule has 1 aromatic rings. The quantitative estimate of drug-likeness (QED) is 0.826. The van der Waals surface area contributed by atoms with E-state index in [9.17, 15) is 0 Å². The molecule has 0 aliphatic heterocycles. The fourth-order valence-corrected chi connectivity index (χ4v) is 2.59. The number of hydrogen-bond acceptors (Lipinski definition) is 3. The average molecular weight is 210 g/mol. The van der Waals surface area contributed by atoms with Gasteiger partial charge in [0.1, 0.15) is 0 Å². The van der Waals surface area contributed by atoms with Gasteiger partial charge in [-0.25, -0.2) is 4.98 Å². The van der Waals surface area contributed by atoms with Gasteiger partial charge >= 0.3 is 0 Å². The van der Waals surface area contributed by atoms with Crippen LogP contribution >= 0.6 is 11.3 Å². The minimum Gasteiger partial charge on any atom is -0.310 e. The Bertz CT molecular complexity index is 289. The molecule has 0 atom stereocenters. The molecule has 14 heavy (non-hydrogen) atoms. The fourth-order valence-electron chi connectivity index (χ4n) is 1.55. The summed E-state index contributed by atoms with van der Waals surface area (Å²) < 4.78 is 0. The molecule has 1 aromatic heterocycles. The van der Waals surface area contributed by atoms with Crippen LogP contribution in [0.2, 0.25) is 0 Å². The first-order chi connectivity index (χ1) is 6.75. The first-order valence-corrected chi connectivity index (χ1v) is 6.25. The zero-order chi connectivity index (χ0) is 9.97. The number of aromatic nitrogens is 1. The molecule has 0 saturated heterocycles. The summed E-state index contributed by atoms with van der Waals surface area (Å²) in [6.45, 7) is 5.32. The topological polar surface area (TPSA) is 24.9 Å². The van der Waals surface area contributed by atoms with Gasteiger partial charge in [0.15, 0.2) is 0 Å². The van der Waals surface area contributed by atoms with Crippen molar-refractivity contribution in [2.24, 2.45) is 0 Å². The van der Waals surface area contributed by atoms with Gasteiger partial charge in [0.05, 0.1) is 5.01 Å². The third kappa shape index (κ3) is 2.34. The average Bonchev–Trinajstić information content (AvgIpc) is 2.46. The van der Waals surface area contributed by atoms with Crippen LogP contribution in [-0.2, 0) is 6.54 Å². The van der Waals surface area contributed by atoms with Crippen LogP contribution in [0.4, 0.5) is 0 Å². The Morgan fingerprint density at radius 3 is 2.93 bits per heavy atom. The van der Waals surface area contributed by atoms with Crippen LogP contribution in [-0.4, -0.2) is 11.0 Å². The van der Waals surface area contributed by atoms with E-state index in [0.717, 1.165) is 12.5 Å². The maximum absolute atomic E-state index is 4.49. The van der Waals surface area contributed by atoms with Gasteiger partial charge in [0, 0.05) is 29.6 Å². The van der Waals surface area contributed by atoms with Gasteiger partial charge in [0.2, 0.25) is 0 Å². The molecule has 0 spiro atoms. The van der Waals surface area contributed by atoms with E-state index in [1.165, 1.54) is 29.1 Å². The SMILES string of the molecule is CC(C)NCc1cnc(C2CCC2)s1. The molecule has 0 aromatic carbocycles. The van der Waals surface area contributed by atoms with Gasteiger partial charge in [-0.3, -0.25) is 0 Å². The van der Waals surface area contributed by atoms with Crippen molar-refractivity contribution >= 4 is 11.3 Å². The zero-order valence-corrected chi connectivity index (χ0v) is 9.73. The van der Waals surface area contributed by atoms with Gasteiger partial charge in [-0.05, 0) is 12.8 Å². The molecule has 2 rings (SSSR count). The lowest BCUT2D eigenvalue weighted by atomic mass is 9.86. The van der Waals surface area contributed by atoms with E-state index >= 15 is 0 Å². The normalized spacial score (nSPS) is 17.4. The highest BCUT2D eigenvalue weighted by Gasteiger charge is 2.22. The molecule has 1 fully saturated rings. The minimum atomic E-state index is 0.559. The largest absolute Gasteiger partial charge is 0.310 e. The lowest BCUT2D eigenvalue weighted by Gasteiger charge is -2.22. The molecular formula is C11H18N2S. The van der Waals surface area contributed by atoms with Crippen molar-refractivity contribution in [1.29, 1.82) is 0 Å². The third-order valence-electron chi connectivity index (χ3n) is 2.71. The Kier molecular flexibility index (Phi) is 3.19. The molecule has 0 radical (unpaired) electrons. The third-order valence-corrected chi connectivity index (χ3v) is 3.87. The lowest BCUT2D eigenvalue weighted by Crippen LogP contribution is -2.21. The standard InChI is InChI=1S/C11H18N2S/c1-8(2)12-6-10-7-13-11(14-10)9-4-3-5-9/h7-9,12H,3-6H2,1-2H3. The second-order valence-electron chi connectivity index (χ2n) is 4.33. The van der Waals surface area contributed by atoms with Crippen LogP contribution in [0, 0.1) is 0 Å². The molecule has 1 aliphatic rings. The molecule has 0 unspecified atom stereocenters. The Balaban J connectivity index is 1.89. The number of hydrogen-bond donors (Lipinski definition) is 1. The summed E-state index contributed by atoms with van der Waals surface area (Å²) in [5.74, 6) is 0.785. The van der Waals surface area contributed by atoms with E-state index in [2.05, 4.69) is 24.1 Å². The molecule has 2 nitrogen and oxygen atoms in total. The van der Waals surface area contributed by atoms with E-state index < -0.39 is 0 Å². The molecular weight excluding hydrogens is 192 g/mol. The van der Waals surface area contributed by atoms with Gasteiger partial charge in [-0.2, -0.15) is 0 Å². The predicted molar refractivity (Wildman–Crippen MR) is 60.7 cm³/mol. The summed E-state index contributed by atoms with van der Waals surface area (Å²) in [7, 11) is 0. The van der Waals surface area contributed by atoms with Crippen molar-refractivity contribution in [1.82, 2.24) is 10.3 Å². The Morgan fingerprint density at radius 2 is 2.36 bits per heavy atom. The first kappa shape index (κ1) is 10.1. The summed E-state index contributed by atoms with van der Waals surface area (Å²) in [5, 5.41) is 4.78. The molecule has 1 heterocycles. The van der Waals surface area contributed by atoms with Crippen molar-refractivity contribution in [3.8, 4) is 0 Å². The van der Waals surface area contributed by atoms with E-state index in [4.69, 9.17) is 0 Å². The van der Waals surface area contributed by atoms with Gasteiger partial charge in [-0.1, -0.05) is 20.3 Å². The zero-order valence-electron chi connectivity index (χ0n) is 8.92. The Labute approximate surface area is 89.8 Å². The van der Waals surface area contributed by atoms with Gasteiger partial charge in [0.25, 0.3) is 0 Å². The molecule has 3 heteroatoms. The Hall–Kier alpha value is -0.410. The molecule has 1 N–H and O–H groups in total. The lowest BCUT2D eigenvalue weighted by molar-refractivity contribution is 0.418. The van der Waals surface area contributed by atoms with Crippen molar-refractivity contribution in [2.45, 2.75) is 51.6 Å². The summed E-state index contributed by atoms with van der Waals surface area (Å²) in [6.07, 6.45) is 6.13. The molecule has 78 valence electrons. The van der Waals surface area contributed by atoms with Crippen LogP contribution in [0.5, 0.6) is 0 Å². The highest BCUT2D eigenvalue weighted by atomic mass is 32.1. The van der Waals surface area contributed by atoms with Crippen molar-refractivity contribution in [3.05, 3.63) is 16.1 Å². The smallest absolute Gasteiger partial charge is 0.0959 e. The molecule has 0 amide bonds. The van der Waals surface area contributed by atoms with Crippen LogP contribution in [0.15, 0.2) is 6.20 Å². The maximum atomic E-state index is 4.49. The van der Waals surface area contributed by atoms with E-state index in [1.54, 1.807) is 0 Å². The molecule has 0 bridgehead atoms. The summed E-state index contributed by atoms with van der Waals surface area (Å²) in [5.41, 5.74) is 0. The Morgan fingerprint density at radius 1 is 1.57 bits per heavy atom. The number of thiazole rings is 1. The van der Waals surface area contributed by atoms with Crippen molar-refractivity contribution in [3.63, 3.8) is 0 Å². The summed E-state index contributed by atoms with van der Waals surface area (Å²) in [6, 6.07) is 0.559. The van der Waals surface area contributed by atoms with Crippen LogP contribution < -0.4 is 5.32 Å². The van der Waals surface area contributed by atoms with Crippen molar-refractivity contribution < 1.29 is 0 Å². The van der Waals surface area contributed by atoms with Crippen LogP contribution in [0.1, 0.15) is 48.9 Å². The number of nitrogens with one attached hydrogen (secondary N) is 1. The first-order valence-electron chi connectivity index (χ1n) is 5.43. The summed E-state index contributed by atoms with van der Waals surface area (Å²) in [4.78, 5) is 5.87. The fraction of sp³-hybridized carbons (Fsp3) is 0.727. The maximum Gasteiger partial charge on any atom is 0.0959 e. The van der Waals surface area contributed by atoms with Crippen LogP contribution in [0.3, 0.4) is 0 Å². The van der Waals surface area contributed by atoms with Gasteiger partial charge < -0.3 is 5.32 Å². The molecule has 1 aliphatic carbocycles. The highest BCUT2D eigenvalue weighted by molar-refractivity contribution is 7.11.